The van der Waals surface area contributed by atoms with Crippen molar-refractivity contribution in [2.45, 2.75) is 32.2 Å². The molecular weight excluding hydrogens is 406 g/mol. The third-order valence-electron chi connectivity index (χ3n) is 6.11. The first-order valence-corrected chi connectivity index (χ1v) is 13.0. The van der Waals surface area contributed by atoms with Gasteiger partial charge in [0, 0.05) is 29.8 Å². The van der Waals surface area contributed by atoms with Gasteiger partial charge >= 0.3 is 0 Å². The van der Waals surface area contributed by atoms with Crippen LogP contribution in [0.25, 0.3) is 0 Å². The number of anilines is 1. The summed E-state index contributed by atoms with van der Waals surface area (Å²) in [5, 5.41) is 7.02. The van der Waals surface area contributed by atoms with Gasteiger partial charge in [0.15, 0.2) is 0 Å². The van der Waals surface area contributed by atoms with Crippen molar-refractivity contribution >= 4 is 36.0 Å². The zero-order valence-corrected chi connectivity index (χ0v) is 19.7. The molecule has 30 heavy (non-hydrogen) atoms. The standard InChI is InChI=1S/C26H30ClNOSi/c1-26(2,3)30(23-10-6-4-7-11-23,24-12-8-5-9-13-24)29-19-20-16-21-17-22(27)14-15-25(21)28-18-20/h4-15,17,20,28H,16,18-19H2,1-3H3. The van der Waals surface area contributed by atoms with Gasteiger partial charge in [-0.05, 0) is 45.6 Å². The van der Waals surface area contributed by atoms with E-state index in [1.807, 2.05) is 6.07 Å². The molecule has 1 heterocycles. The summed E-state index contributed by atoms with van der Waals surface area (Å²) in [6.45, 7) is 8.63. The Kier molecular flexibility index (Phi) is 6.06. The summed E-state index contributed by atoms with van der Waals surface area (Å²) in [5.74, 6) is 0.414. The average Bonchev–Trinajstić information content (AvgIpc) is 2.74. The molecule has 1 atom stereocenters. The van der Waals surface area contributed by atoms with Gasteiger partial charge in [0.05, 0.1) is 0 Å². The normalized spacial score (nSPS) is 16.6. The highest BCUT2D eigenvalue weighted by Gasteiger charge is 2.50. The van der Waals surface area contributed by atoms with Crippen LogP contribution in [0, 0.1) is 5.92 Å². The van der Waals surface area contributed by atoms with E-state index in [-0.39, 0.29) is 5.04 Å². The molecule has 0 bridgehead atoms. The lowest BCUT2D eigenvalue weighted by atomic mass is 9.95. The molecule has 4 heteroatoms. The van der Waals surface area contributed by atoms with E-state index in [1.165, 1.54) is 21.6 Å². The van der Waals surface area contributed by atoms with Crippen LogP contribution >= 0.6 is 11.6 Å². The fraction of sp³-hybridized carbons (Fsp3) is 0.308. The molecule has 3 aromatic carbocycles. The maximum absolute atomic E-state index is 7.12. The minimum absolute atomic E-state index is 0.000975. The van der Waals surface area contributed by atoms with Crippen molar-refractivity contribution in [1.82, 2.24) is 0 Å². The van der Waals surface area contributed by atoms with Crippen LogP contribution in [0.5, 0.6) is 0 Å². The highest BCUT2D eigenvalue weighted by Crippen LogP contribution is 2.37. The SMILES string of the molecule is CC(C)(C)[Si](OCC1CNc2ccc(Cl)cc2C1)(c1ccccc1)c1ccccc1. The zero-order valence-electron chi connectivity index (χ0n) is 18.0. The van der Waals surface area contributed by atoms with Crippen molar-refractivity contribution in [3.8, 4) is 0 Å². The van der Waals surface area contributed by atoms with Crippen LogP contribution in [0.2, 0.25) is 10.1 Å². The Hall–Kier alpha value is -2.07. The van der Waals surface area contributed by atoms with Crippen molar-refractivity contribution in [2.24, 2.45) is 5.92 Å². The first-order valence-electron chi connectivity index (χ1n) is 10.7. The summed E-state index contributed by atoms with van der Waals surface area (Å²) < 4.78 is 7.12. The number of nitrogens with one attached hydrogen (secondary N) is 1. The second-order valence-electron chi connectivity index (χ2n) is 9.23. The number of benzene rings is 3. The minimum Gasteiger partial charge on any atom is -0.407 e. The smallest absolute Gasteiger partial charge is 0.261 e. The molecular formula is C26H30ClNOSi. The maximum atomic E-state index is 7.12. The number of hydrogen-bond acceptors (Lipinski definition) is 2. The van der Waals surface area contributed by atoms with E-state index in [0.29, 0.717) is 5.92 Å². The van der Waals surface area contributed by atoms with E-state index >= 15 is 0 Å². The van der Waals surface area contributed by atoms with Crippen LogP contribution in [0.4, 0.5) is 5.69 Å². The summed E-state index contributed by atoms with van der Waals surface area (Å²) in [5.41, 5.74) is 2.48. The molecule has 3 aromatic rings. The quantitative estimate of drug-likeness (QED) is 0.534. The summed E-state index contributed by atoms with van der Waals surface area (Å²) in [7, 11) is -2.49. The highest BCUT2D eigenvalue weighted by atomic mass is 35.5. The Labute approximate surface area is 186 Å². The molecule has 0 spiro atoms. The Bertz CT molecular complexity index is 945. The molecule has 0 saturated carbocycles. The largest absolute Gasteiger partial charge is 0.407 e. The molecule has 1 aliphatic heterocycles. The van der Waals surface area contributed by atoms with Gasteiger partial charge in [0.25, 0.3) is 8.32 Å². The topological polar surface area (TPSA) is 21.3 Å². The van der Waals surface area contributed by atoms with E-state index in [4.69, 9.17) is 16.0 Å². The summed E-state index contributed by atoms with van der Waals surface area (Å²) in [4.78, 5) is 0. The number of hydrogen-bond donors (Lipinski definition) is 1. The molecule has 0 radical (unpaired) electrons. The van der Waals surface area contributed by atoms with Gasteiger partial charge in [-0.2, -0.15) is 0 Å². The van der Waals surface area contributed by atoms with Gasteiger partial charge < -0.3 is 9.74 Å². The zero-order chi connectivity index (χ0) is 21.2. The Morgan fingerprint density at radius 3 is 2.10 bits per heavy atom. The van der Waals surface area contributed by atoms with Crippen molar-refractivity contribution in [1.29, 1.82) is 0 Å². The molecule has 1 N–H and O–H groups in total. The second kappa shape index (κ2) is 8.58. The second-order valence-corrected chi connectivity index (χ2v) is 14.0. The summed E-state index contributed by atoms with van der Waals surface area (Å²) in [6, 6.07) is 27.8. The fourth-order valence-electron chi connectivity index (χ4n) is 4.66. The maximum Gasteiger partial charge on any atom is 0.261 e. The Balaban J connectivity index is 1.67. The van der Waals surface area contributed by atoms with E-state index in [9.17, 15) is 0 Å². The van der Waals surface area contributed by atoms with Crippen molar-refractivity contribution in [2.75, 3.05) is 18.5 Å². The van der Waals surface area contributed by atoms with Crippen LogP contribution in [0.15, 0.2) is 78.9 Å². The number of fused-ring (bicyclic) bond motifs is 1. The molecule has 1 aliphatic rings. The fourth-order valence-corrected chi connectivity index (χ4v) is 9.50. The lowest BCUT2D eigenvalue weighted by Crippen LogP contribution is -2.67. The van der Waals surface area contributed by atoms with Gasteiger partial charge in [-0.25, -0.2) is 0 Å². The first-order chi connectivity index (χ1) is 14.4. The van der Waals surface area contributed by atoms with Crippen LogP contribution in [-0.2, 0) is 10.8 Å². The number of halogens is 1. The van der Waals surface area contributed by atoms with Crippen LogP contribution in [0.3, 0.4) is 0 Å². The van der Waals surface area contributed by atoms with Gasteiger partial charge in [-0.1, -0.05) is 93.0 Å². The van der Waals surface area contributed by atoms with Crippen LogP contribution in [0.1, 0.15) is 26.3 Å². The Morgan fingerprint density at radius 2 is 1.53 bits per heavy atom. The van der Waals surface area contributed by atoms with E-state index in [2.05, 4.69) is 98.9 Å². The van der Waals surface area contributed by atoms with Crippen molar-refractivity contribution in [3.63, 3.8) is 0 Å². The lowest BCUT2D eigenvalue weighted by molar-refractivity contribution is 0.238. The molecule has 0 amide bonds. The van der Waals surface area contributed by atoms with E-state index < -0.39 is 8.32 Å². The molecule has 0 fully saturated rings. The van der Waals surface area contributed by atoms with Crippen molar-refractivity contribution in [3.05, 3.63) is 89.4 Å². The molecule has 2 nitrogen and oxygen atoms in total. The Morgan fingerprint density at radius 1 is 0.933 bits per heavy atom. The minimum atomic E-state index is -2.49. The predicted octanol–water partition coefficient (Wildman–Crippen LogP) is 5.50. The summed E-state index contributed by atoms with van der Waals surface area (Å²) >= 11 is 6.24. The van der Waals surface area contributed by atoms with Gasteiger partial charge in [0.1, 0.15) is 0 Å². The predicted molar refractivity (Wildman–Crippen MR) is 131 cm³/mol. The van der Waals surface area contributed by atoms with E-state index in [1.54, 1.807) is 0 Å². The van der Waals surface area contributed by atoms with Gasteiger partial charge in [-0.15, -0.1) is 0 Å². The molecule has 4 rings (SSSR count). The average molecular weight is 436 g/mol. The molecule has 0 saturated heterocycles. The van der Waals surface area contributed by atoms with Gasteiger partial charge in [0.2, 0.25) is 0 Å². The van der Waals surface area contributed by atoms with Crippen molar-refractivity contribution < 1.29 is 4.43 Å². The summed E-state index contributed by atoms with van der Waals surface area (Å²) in [6.07, 6.45) is 0.987. The number of rotatable bonds is 5. The molecule has 0 aliphatic carbocycles. The first kappa shape index (κ1) is 21.2. The third kappa shape index (κ3) is 4.07. The van der Waals surface area contributed by atoms with Crippen LogP contribution < -0.4 is 15.7 Å². The third-order valence-corrected chi connectivity index (χ3v) is 11.3. The molecule has 156 valence electrons. The molecule has 1 unspecified atom stereocenters. The molecule has 0 aromatic heterocycles. The monoisotopic (exact) mass is 435 g/mol. The van der Waals surface area contributed by atoms with Crippen LogP contribution in [-0.4, -0.2) is 21.5 Å². The highest BCUT2D eigenvalue weighted by molar-refractivity contribution is 6.99. The van der Waals surface area contributed by atoms with E-state index in [0.717, 1.165) is 24.6 Å². The van der Waals surface area contributed by atoms with Gasteiger partial charge in [-0.3, -0.25) is 0 Å². The lowest BCUT2D eigenvalue weighted by Gasteiger charge is -2.44.